The van der Waals surface area contributed by atoms with E-state index in [1.54, 1.807) is 6.07 Å². The fourth-order valence-electron chi connectivity index (χ4n) is 3.15. The zero-order valence-electron chi connectivity index (χ0n) is 20.0. The van der Waals surface area contributed by atoms with Gasteiger partial charge < -0.3 is 20.6 Å². The number of phenols is 2. The number of rotatable bonds is 17. The number of benzene rings is 1. The average Bonchev–Trinajstić information content (AvgIpc) is 2.79. The standard InChI is InChI=1S/C28H41NO4/c1-2-3-13-16-25(30)17-14-11-9-7-5-4-6-8-10-12-15-18-28(33)29-22-21-24-19-20-26(31)27(32)23-24/h4-5,8-11,14,17,19-20,23,25,30-32H,2-3,6-7,12-13,15-16,18,21-22H2,1H3,(H,29,33)/b5-4-,10-8-,11-9-,17-14+/t25-/m0/s1. The van der Waals surface area contributed by atoms with E-state index in [0.717, 1.165) is 44.1 Å². The van der Waals surface area contributed by atoms with E-state index in [0.29, 0.717) is 19.4 Å². The van der Waals surface area contributed by atoms with Crippen LogP contribution in [0.4, 0.5) is 0 Å². The summed E-state index contributed by atoms with van der Waals surface area (Å²) in [4.78, 5) is 11.9. The largest absolute Gasteiger partial charge is 0.504 e. The zero-order chi connectivity index (χ0) is 24.2. The summed E-state index contributed by atoms with van der Waals surface area (Å²) in [6.07, 6.45) is 24.7. The third-order valence-electron chi connectivity index (χ3n) is 5.11. The quantitative estimate of drug-likeness (QED) is 0.102. The molecule has 0 saturated heterocycles. The lowest BCUT2D eigenvalue weighted by atomic mass is 10.1. The van der Waals surface area contributed by atoms with Crippen molar-refractivity contribution in [1.29, 1.82) is 0 Å². The van der Waals surface area contributed by atoms with Gasteiger partial charge in [0.2, 0.25) is 5.91 Å². The van der Waals surface area contributed by atoms with Crippen LogP contribution in [-0.4, -0.2) is 33.9 Å². The van der Waals surface area contributed by atoms with Crippen molar-refractivity contribution in [2.45, 2.75) is 77.2 Å². The van der Waals surface area contributed by atoms with Crippen molar-refractivity contribution in [1.82, 2.24) is 5.32 Å². The summed E-state index contributed by atoms with van der Waals surface area (Å²) < 4.78 is 0. The number of aromatic hydroxyl groups is 2. The SMILES string of the molecule is CCCCC[C@H](O)/C=C/C=C\C/C=C\C/C=C\CCCC(=O)NCCc1ccc(O)c(O)c1. The first kappa shape index (κ1) is 28.2. The van der Waals surface area contributed by atoms with Crippen LogP contribution < -0.4 is 5.32 Å². The predicted octanol–water partition coefficient (Wildman–Crippen LogP) is 5.87. The Kier molecular flexibility index (Phi) is 16.0. The molecule has 0 saturated carbocycles. The Hall–Kier alpha value is -2.79. The van der Waals surface area contributed by atoms with Gasteiger partial charge in [-0.15, -0.1) is 0 Å². The molecule has 1 rings (SSSR count). The van der Waals surface area contributed by atoms with Gasteiger partial charge in [0.25, 0.3) is 0 Å². The lowest BCUT2D eigenvalue weighted by Gasteiger charge is -2.06. The van der Waals surface area contributed by atoms with Crippen LogP contribution in [0.25, 0.3) is 0 Å². The Balaban J connectivity index is 2.01. The van der Waals surface area contributed by atoms with Gasteiger partial charge in [-0.25, -0.2) is 0 Å². The first-order chi connectivity index (χ1) is 16.0. The molecular formula is C28H41NO4. The number of hydrogen-bond acceptors (Lipinski definition) is 4. The highest BCUT2D eigenvalue weighted by atomic mass is 16.3. The molecule has 182 valence electrons. The molecule has 0 unspecified atom stereocenters. The predicted molar refractivity (Wildman–Crippen MR) is 136 cm³/mol. The van der Waals surface area contributed by atoms with Crippen molar-refractivity contribution in [3.63, 3.8) is 0 Å². The zero-order valence-corrected chi connectivity index (χ0v) is 20.0. The minimum Gasteiger partial charge on any atom is -0.504 e. The maximum absolute atomic E-state index is 11.9. The molecule has 0 aliphatic heterocycles. The molecule has 0 heterocycles. The van der Waals surface area contributed by atoms with Gasteiger partial charge in [-0.2, -0.15) is 0 Å². The fourth-order valence-corrected chi connectivity index (χ4v) is 3.15. The van der Waals surface area contributed by atoms with Crippen molar-refractivity contribution in [3.05, 3.63) is 72.4 Å². The van der Waals surface area contributed by atoms with Crippen molar-refractivity contribution in [2.24, 2.45) is 0 Å². The third-order valence-corrected chi connectivity index (χ3v) is 5.11. The number of hydrogen-bond donors (Lipinski definition) is 4. The van der Waals surface area contributed by atoms with Crippen molar-refractivity contribution in [3.8, 4) is 11.5 Å². The summed E-state index contributed by atoms with van der Waals surface area (Å²) in [7, 11) is 0. The van der Waals surface area contributed by atoms with E-state index in [4.69, 9.17) is 0 Å². The average molecular weight is 456 g/mol. The van der Waals surface area contributed by atoms with Crippen LogP contribution in [0.1, 0.15) is 70.3 Å². The summed E-state index contributed by atoms with van der Waals surface area (Å²) in [5.41, 5.74) is 0.866. The number of unbranched alkanes of at least 4 members (excludes halogenated alkanes) is 3. The van der Waals surface area contributed by atoms with E-state index in [2.05, 4.69) is 42.6 Å². The van der Waals surface area contributed by atoms with Crippen molar-refractivity contribution < 1.29 is 20.1 Å². The summed E-state index contributed by atoms with van der Waals surface area (Å²) in [5, 5.41) is 31.4. The number of aliphatic hydroxyl groups is 1. The number of carbonyl (C=O) groups is 1. The summed E-state index contributed by atoms with van der Waals surface area (Å²) in [5.74, 6) is -0.250. The molecule has 0 fully saturated rings. The van der Waals surface area contributed by atoms with Gasteiger partial charge in [0.1, 0.15) is 0 Å². The van der Waals surface area contributed by atoms with Crippen LogP contribution in [0.5, 0.6) is 11.5 Å². The Labute approximate surface area is 199 Å². The number of allylic oxidation sites excluding steroid dienone is 7. The molecule has 4 N–H and O–H groups in total. The number of carbonyl (C=O) groups excluding carboxylic acids is 1. The second-order valence-electron chi connectivity index (χ2n) is 8.11. The molecule has 1 amide bonds. The highest BCUT2D eigenvalue weighted by molar-refractivity contribution is 5.75. The third kappa shape index (κ3) is 15.6. The number of nitrogens with one attached hydrogen (secondary N) is 1. The van der Waals surface area contributed by atoms with Crippen LogP contribution >= 0.6 is 0 Å². The molecule has 0 spiro atoms. The van der Waals surface area contributed by atoms with E-state index in [-0.39, 0.29) is 23.5 Å². The Bertz CT molecular complexity index is 780. The molecule has 33 heavy (non-hydrogen) atoms. The highest BCUT2D eigenvalue weighted by Gasteiger charge is 2.03. The summed E-state index contributed by atoms with van der Waals surface area (Å²) in [6.45, 7) is 2.67. The maximum Gasteiger partial charge on any atom is 0.220 e. The number of aliphatic hydroxyl groups excluding tert-OH is 1. The van der Waals surface area contributed by atoms with E-state index in [1.807, 2.05) is 18.2 Å². The van der Waals surface area contributed by atoms with Crippen LogP contribution in [-0.2, 0) is 11.2 Å². The second-order valence-corrected chi connectivity index (χ2v) is 8.11. The normalized spacial score (nSPS) is 13.0. The van der Waals surface area contributed by atoms with E-state index >= 15 is 0 Å². The Morgan fingerprint density at radius 2 is 1.73 bits per heavy atom. The van der Waals surface area contributed by atoms with Gasteiger partial charge in [-0.1, -0.05) is 80.9 Å². The lowest BCUT2D eigenvalue weighted by Crippen LogP contribution is -2.25. The van der Waals surface area contributed by atoms with Crippen molar-refractivity contribution >= 4 is 5.91 Å². The van der Waals surface area contributed by atoms with Crippen LogP contribution in [0.15, 0.2) is 66.8 Å². The molecule has 0 bridgehead atoms. The van der Waals surface area contributed by atoms with Gasteiger partial charge in [0, 0.05) is 13.0 Å². The second kappa shape index (κ2) is 18.8. The topological polar surface area (TPSA) is 89.8 Å². The monoisotopic (exact) mass is 455 g/mol. The van der Waals surface area contributed by atoms with Gasteiger partial charge >= 0.3 is 0 Å². The van der Waals surface area contributed by atoms with Gasteiger partial charge in [-0.05, 0) is 56.2 Å². The van der Waals surface area contributed by atoms with Crippen LogP contribution in [0.2, 0.25) is 0 Å². The molecule has 0 aliphatic carbocycles. The molecule has 0 aromatic heterocycles. The smallest absolute Gasteiger partial charge is 0.220 e. The summed E-state index contributed by atoms with van der Waals surface area (Å²) in [6, 6.07) is 4.69. The van der Waals surface area contributed by atoms with Crippen molar-refractivity contribution in [2.75, 3.05) is 6.54 Å². The number of amides is 1. The molecule has 5 heteroatoms. The summed E-state index contributed by atoms with van der Waals surface area (Å²) >= 11 is 0. The highest BCUT2D eigenvalue weighted by Crippen LogP contribution is 2.24. The van der Waals surface area contributed by atoms with Crippen LogP contribution in [0.3, 0.4) is 0 Å². The van der Waals surface area contributed by atoms with Gasteiger partial charge in [0.05, 0.1) is 6.10 Å². The first-order valence-corrected chi connectivity index (χ1v) is 12.1. The first-order valence-electron chi connectivity index (χ1n) is 12.1. The van der Waals surface area contributed by atoms with E-state index in [1.165, 1.54) is 25.0 Å². The van der Waals surface area contributed by atoms with Gasteiger partial charge in [0.15, 0.2) is 11.5 Å². The van der Waals surface area contributed by atoms with E-state index in [9.17, 15) is 20.1 Å². The molecule has 1 aromatic rings. The molecule has 1 atom stereocenters. The van der Waals surface area contributed by atoms with Gasteiger partial charge in [-0.3, -0.25) is 4.79 Å². The molecule has 5 nitrogen and oxygen atoms in total. The molecule has 0 radical (unpaired) electrons. The molecule has 0 aliphatic rings. The van der Waals surface area contributed by atoms with Crippen LogP contribution in [0, 0.1) is 0 Å². The number of phenolic OH excluding ortho intramolecular Hbond substituents is 2. The maximum atomic E-state index is 11.9. The molecule has 1 aromatic carbocycles. The minimum atomic E-state index is -0.339. The fraction of sp³-hybridized carbons (Fsp3) is 0.464. The Morgan fingerprint density at radius 3 is 2.48 bits per heavy atom. The molecular weight excluding hydrogens is 414 g/mol. The van der Waals surface area contributed by atoms with E-state index < -0.39 is 0 Å². The lowest BCUT2D eigenvalue weighted by molar-refractivity contribution is -0.121. The minimum absolute atomic E-state index is 0.0283. The Morgan fingerprint density at radius 1 is 0.970 bits per heavy atom.